The van der Waals surface area contributed by atoms with Crippen molar-refractivity contribution in [3.63, 3.8) is 0 Å². The first-order valence-corrected chi connectivity index (χ1v) is 6.87. The van der Waals surface area contributed by atoms with E-state index in [1.165, 1.54) is 45.3 Å². The van der Waals surface area contributed by atoms with Crippen molar-refractivity contribution in [3.8, 4) is 0 Å². The third-order valence-corrected chi connectivity index (χ3v) is 3.94. The van der Waals surface area contributed by atoms with E-state index in [1.807, 2.05) is 0 Å². The standard InChI is InChI=1S/C14H29NO/c1-14(2,3)13-7-10-15(11-8-13)9-5-4-6-12-16/h13,16H,4-12H2,1-3H3. The Morgan fingerprint density at radius 2 is 1.69 bits per heavy atom. The maximum atomic E-state index is 8.71. The number of likely N-dealkylation sites (tertiary alicyclic amines) is 1. The Morgan fingerprint density at radius 1 is 1.06 bits per heavy atom. The maximum absolute atomic E-state index is 8.71. The monoisotopic (exact) mass is 227 g/mol. The van der Waals surface area contributed by atoms with E-state index in [0.717, 1.165) is 12.3 Å². The Bertz CT molecular complexity index is 178. The first-order valence-electron chi connectivity index (χ1n) is 6.87. The number of rotatable bonds is 5. The summed E-state index contributed by atoms with van der Waals surface area (Å²) in [5.74, 6) is 0.904. The minimum atomic E-state index is 0.353. The Labute approximate surface area is 101 Å². The van der Waals surface area contributed by atoms with Gasteiger partial charge in [0.2, 0.25) is 0 Å². The Hall–Kier alpha value is -0.0800. The molecule has 1 N–H and O–H groups in total. The van der Waals surface area contributed by atoms with E-state index < -0.39 is 0 Å². The van der Waals surface area contributed by atoms with E-state index in [1.54, 1.807) is 0 Å². The SMILES string of the molecule is CC(C)(C)C1CCN(CCCCCO)CC1. The lowest BCUT2D eigenvalue weighted by Gasteiger charge is -2.38. The van der Waals surface area contributed by atoms with Gasteiger partial charge in [-0.15, -0.1) is 0 Å². The number of aliphatic hydroxyl groups is 1. The van der Waals surface area contributed by atoms with Crippen LogP contribution in [0, 0.1) is 11.3 Å². The topological polar surface area (TPSA) is 23.5 Å². The average molecular weight is 227 g/mol. The van der Waals surface area contributed by atoms with Gasteiger partial charge in [0.1, 0.15) is 0 Å². The van der Waals surface area contributed by atoms with Crippen molar-refractivity contribution >= 4 is 0 Å². The van der Waals surface area contributed by atoms with Gasteiger partial charge in [0.15, 0.2) is 0 Å². The molecule has 1 aliphatic rings. The zero-order valence-electron chi connectivity index (χ0n) is 11.3. The summed E-state index contributed by atoms with van der Waals surface area (Å²) in [6, 6.07) is 0. The van der Waals surface area contributed by atoms with Crippen LogP contribution in [0.25, 0.3) is 0 Å². The molecule has 0 atom stereocenters. The van der Waals surface area contributed by atoms with Gasteiger partial charge in [-0.25, -0.2) is 0 Å². The minimum Gasteiger partial charge on any atom is -0.396 e. The van der Waals surface area contributed by atoms with Gasteiger partial charge in [0.05, 0.1) is 0 Å². The molecule has 1 saturated heterocycles. The average Bonchev–Trinajstić information content (AvgIpc) is 2.24. The number of hydrogen-bond acceptors (Lipinski definition) is 2. The highest BCUT2D eigenvalue weighted by molar-refractivity contribution is 4.80. The van der Waals surface area contributed by atoms with Crippen molar-refractivity contribution in [1.29, 1.82) is 0 Å². The van der Waals surface area contributed by atoms with Crippen molar-refractivity contribution in [2.75, 3.05) is 26.2 Å². The normalized spacial score (nSPS) is 20.2. The maximum Gasteiger partial charge on any atom is 0.0431 e. The third-order valence-electron chi connectivity index (χ3n) is 3.94. The van der Waals surface area contributed by atoms with Crippen LogP contribution in [0.5, 0.6) is 0 Å². The first kappa shape index (κ1) is 14.0. The molecule has 0 bridgehead atoms. The van der Waals surface area contributed by atoms with E-state index in [2.05, 4.69) is 25.7 Å². The molecule has 0 aromatic carbocycles. The van der Waals surface area contributed by atoms with Gasteiger partial charge >= 0.3 is 0 Å². The predicted molar refractivity (Wildman–Crippen MR) is 69.6 cm³/mol. The van der Waals surface area contributed by atoms with Crippen LogP contribution in [-0.4, -0.2) is 36.2 Å². The molecule has 1 rings (SSSR count). The summed E-state index contributed by atoms with van der Waals surface area (Å²) in [5.41, 5.74) is 0.489. The van der Waals surface area contributed by atoms with E-state index in [4.69, 9.17) is 5.11 Å². The smallest absolute Gasteiger partial charge is 0.0431 e. The van der Waals surface area contributed by atoms with Crippen LogP contribution < -0.4 is 0 Å². The molecular weight excluding hydrogens is 198 g/mol. The summed E-state index contributed by atoms with van der Waals surface area (Å²) in [5, 5.41) is 8.71. The van der Waals surface area contributed by atoms with E-state index in [0.29, 0.717) is 12.0 Å². The van der Waals surface area contributed by atoms with Gasteiger partial charge in [-0.05, 0) is 63.1 Å². The quantitative estimate of drug-likeness (QED) is 0.730. The highest BCUT2D eigenvalue weighted by Gasteiger charge is 2.28. The molecule has 16 heavy (non-hydrogen) atoms. The molecule has 0 saturated carbocycles. The Morgan fingerprint density at radius 3 is 2.19 bits per heavy atom. The van der Waals surface area contributed by atoms with Crippen molar-refractivity contribution in [2.45, 2.75) is 52.9 Å². The summed E-state index contributed by atoms with van der Waals surface area (Å²) in [7, 11) is 0. The van der Waals surface area contributed by atoms with Gasteiger partial charge in [-0.3, -0.25) is 0 Å². The van der Waals surface area contributed by atoms with Crippen LogP contribution in [0.15, 0.2) is 0 Å². The van der Waals surface area contributed by atoms with E-state index >= 15 is 0 Å². The molecule has 0 amide bonds. The van der Waals surface area contributed by atoms with Crippen LogP contribution in [-0.2, 0) is 0 Å². The summed E-state index contributed by atoms with van der Waals surface area (Å²) in [4.78, 5) is 2.60. The second-order valence-corrected chi connectivity index (χ2v) is 6.27. The Balaban J connectivity index is 2.12. The van der Waals surface area contributed by atoms with Crippen LogP contribution in [0.2, 0.25) is 0 Å². The van der Waals surface area contributed by atoms with Crippen molar-refractivity contribution < 1.29 is 5.11 Å². The molecule has 1 aliphatic heterocycles. The molecular formula is C14H29NO. The lowest BCUT2D eigenvalue weighted by Crippen LogP contribution is -2.38. The molecule has 1 fully saturated rings. The van der Waals surface area contributed by atoms with Crippen LogP contribution >= 0.6 is 0 Å². The van der Waals surface area contributed by atoms with Gasteiger partial charge < -0.3 is 10.0 Å². The number of unbranched alkanes of at least 4 members (excludes halogenated alkanes) is 2. The second-order valence-electron chi connectivity index (χ2n) is 6.27. The molecule has 0 radical (unpaired) electrons. The van der Waals surface area contributed by atoms with Gasteiger partial charge in [0.25, 0.3) is 0 Å². The van der Waals surface area contributed by atoms with Crippen molar-refractivity contribution in [3.05, 3.63) is 0 Å². The molecule has 0 unspecified atom stereocenters. The van der Waals surface area contributed by atoms with Crippen LogP contribution in [0.1, 0.15) is 52.9 Å². The number of aliphatic hydroxyl groups excluding tert-OH is 1. The molecule has 1 heterocycles. The van der Waals surface area contributed by atoms with Gasteiger partial charge in [-0.2, -0.15) is 0 Å². The molecule has 96 valence electrons. The lowest BCUT2D eigenvalue weighted by molar-refractivity contribution is 0.110. The molecule has 0 aromatic heterocycles. The second kappa shape index (κ2) is 6.61. The van der Waals surface area contributed by atoms with Gasteiger partial charge in [-0.1, -0.05) is 20.8 Å². The van der Waals surface area contributed by atoms with Gasteiger partial charge in [0, 0.05) is 6.61 Å². The highest BCUT2D eigenvalue weighted by atomic mass is 16.2. The Kier molecular flexibility index (Phi) is 5.77. The fraction of sp³-hybridized carbons (Fsp3) is 1.00. The summed E-state index contributed by atoms with van der Waals surface area (Å²) in [6.45, 7) is 11.3. The number of piperidine rings is 1. The molecule has 2 nitrogen and oxygen atoms in total. The fourth-order valence-electron chi connectivity index (χ4n) is 2.65. The van der Waals surface area contributed by atoms with E-state index in [-0.39, 0.29) is 0 Å². The van der Waals surface area contributed by atoms with E-state index in [9.17, 15) is 0 Å². The molecule has 0 aromatic rings. The van der Waals surface area contributed by atoms with Crippen molar-refractivity contribution in [1.82, 2.24) is 4.90 Å². The zero-order valence-corrected chi connectivity index (χ0v) is 11.3. The van der Waals surface area contributed by atoms with Crippen molar-refractivity contribution in [2.24, 2.45) is 11.3 Å². The lowest BCUT2D eigenvalue weighted by atomic mass is 9.75. The third kappa shape index (κ3) is 4.84. The van der Waals surface area contributed by atoms with Crippen LogP contribution in [0.4, 0.5) is 0 Å². The fourth-order valence-corrected chi connectivity index (χ4v) is 2.65. The summed E-state index contributed by atoms with van der Waals surface area (Å²) >= 11 is 0. The largest absolute Gasteiger partial charge is 0.396 e. The molecule has 0 aliphatic carbocycles. The summed E-state index contributed by atoms with van der Waals surface area (Å²) < 4.78 is 0. The summed E-state index contributed by atoms with van der Waals surface area (Å²) in [6.07, 6.45) is 6.13. The first-order chi connectivity index (χ1) is 7.54. The molecule has 0 spiro atoms. The molecule has 2 heteroatoms. The minimum absolute atomic E-state index is 0.353. The highest BCUT2D eigenvalue weighted by Crippen LogP contribution is 2.34. The number of hydrogen-bond donors (Lipinski definition) is 1. The van der Waals surface area contributed by atoms with Crippen LogP contribution in [0.3, 0.4) is 0 Å². The number of nitrogens with zero attached hydrogens (tertiary/aromatic N) is 1. The predicted octanol–water partition coefficient (Wildman–Crippen LogP) is 2.91. The zero-order chi connectivity index (χ0) is 12.0.